The van der Waals surface area contributed by atoms with Crippen LogP contribution in [0.25, 0.3) is 0 Å². The number of halogens is 3. The predicted molar refractivity (Wildman–Crippen MR) is 43.1 cm³/mol. The molecule has 0 radical (unpaired) electrons. The average molecular weight is 195 g/mol. The van der Waals surface area contributed by atoms with Crippen LogP contribution in [-0.4, -0.2) is 18.1 Å². The van der Waals surface area contributed by atoms with E-state index in [-0.39, 0.29) is 0 Å². The smallest absolute Gasteiger partial charge is 0.350 e. The van der Waals surface area contributed by atoms with Crippen molar-refractivity contribution < 1.29 is 18.0 Å². The highest BCUT2D eigenvalue weighted by atomic mass is 19.4. The van der Waals surface area contributed by atoms with Gasteiger partial charge in [0.25, 0.3) is 0 Å². The Morgan fingerprint density at radius 1 is 1.54 bits per heavy atom. The molecule has 0 aromatic carbocycles. The molecule has 0 spiro atoms. The van der Waals surface area contributed by atoms with Crippen LogP contribution in [0.5, 0.6) is 0 Å². The molecular weight excluding hydrogens is 183 g/mol. The topological polar surface area (TPSA) is 29.1 Å². The van der Waals surface area contributed by atoms with Crippen molar-refractivity contribution in [3.8, 4) is 0 Å². The molecule has 76 valence electrons. The van der Waals surface area contributed by atoms with Crippen LogP contribution in [0.3, 0.4) is 0 Å². The molecule has 0 aromatic heterocycles. The van der Waals surface area contributed by atoms with Crippen molar-refractivity contribution >= 4 is 5.91 Å². The minimum absolute atomic E-state index is 0.501. The lowest BCUT2D eigenvalue weighted by molar-refractivity contribution is -0.140. The maximum Gasteiger partial charge on any atom is 0.391 e. The van der Waals surface area contributed by atoms with Crippen LogP contribution in [0, 0.1) is 0 Å². The number of carbonyl (C=O) groups is 1. The highest BCUT2D eigenvalue weighted by Crippen LogP contribution is 2.21. The van der Waals surface area contributed by atoms with Gasteiger partial charge in [-0.25, -0.2) is 0 Å². The zero-order valence-corrected chi connectivity index (χ0v) is 7.48. The monoisotopic (exact) mass is 195 g/mol. The van der Waals surface area contributed by atoms with Crippen LogP contribution < -0.4 is 5.32 Å². The van der Waals surface area contributed by atoms with Crippen molar-refractivity contribution in [2.45, 2.75) is 32.5 Å². The van der Waals surface area contributed by atoms with Gasteiger partial charge in [0.15, 0.2) is 0 Å². The highest BCUT2D eigenvalue weighted by molar-refractivity contribution is 5.87. The van der Waals surface area contributed by atoms with Gasteiger partial charge in [0.1, 0.15) is 0 Å². The van der Waals surface area contributed by atoms with E-state index in [1.54, 1.807) is 6.92 Å². The second kappa shape index (κ2) is 4.89. The summed E-state index contributed by atoms with van der Waals surface area (Å²) < 4.78 is 35.3. The summed E-state index contributed by atoms with van der Waals surface area (Å²) in [4.78, 5) is 10.8. The Hall–Kier alpha value is -1.00. The Bertz CT molecular complexity index is 198. The molecule has 0 fully saturated rings. The normalized spacial score (nSPS) is 14.5. The number of carbonyl (C=O) groups excluding carboxylic acids is 1. The molecule has 13 heavy (non-hydrogen) atoms. The van der Waals surface area contributed by atoms with Crippen molar-refractivity contribution in [2.75, 3.05) is 0 Å². The Morgan fingerprint density at radius 2 is 2.08 bits per heavy atom. The lowest BCUT2D eigenvalue weighted by Gasteiger charge is -2.14. The Labute approximate surface area is 74.8 Å². The van der Waals surface area contributed by atoms with Crippen LogP contribution in [0.1, 0.15) is 20.3 Å². The van der Waals surface area contributed by atoms with Gasteiger partial charge in [0.2, 0.25) is 5.91 Å². The fraction of sp³-hybridized carbons (Fsp3) is 0.625. The second-order valence-electron chi connectivity index (χ2n) is 2.73. The number of hydrogen-bond acceptors (Lipinski definition) is 1. The van der Waals surface area contributed by atoms with E-state index >= 15 is 0 Å². The molecule has 1 atom stereocenters. The van der Waals surface area contributed by atoms with Gasteiger partial charge in [0, 0.05) is 6.04 Å². The van der Waals surface area contributed by atoms with Gasteiger partial charge in [-0.2, -0.15) is 13.2 Å². The van der Waals surface area contributed by atoms with E-state index in [1.807, 2.05) is 0 Å². The number of alkyl halides is 3. The van der Waals surface area contributed by atoms with Gasteiger partial charge in [-0.05, 0) is 19.9 Å². The summed E-state index contributed by atoms with van der Waals surface area (Å²) in [6, 6.07) is -0.885. The van der Waals surface area contributed by atoms with Crippen LogP contribution >= 0.6 is 0 Å². The SMILES string of the molecule is C/C=C/C(=O)NC(C)CC(F)(F)F. The molecule has 0 aliphatic rings. The van der Waals surface area contributed by atoms with Crippen LogP contribution in [0.4, 0.5) is 13.2 Å². The summed E-state index contributed by atoms with van der Waals surface area (Å²) in [6.45, 7) is 2.93. The first-order valence-corrected chi connectivity index (χ1v) is 3.85. The fourth-order valence-electron chi connectivity index (χ4n) is 0.841. The van der Waals surface area contributed by atoms with E-state index in [9.17, 15) is 18.0 Å². The summed E-state index contributed by atoms with van der Waals surface area (Å²) in [5.74, 6) is -0.501. The number of rotatable bonds is 3. The van der Waals surface area contributed by atoms with Gasteiger partial charge >= 0.3 is 6.18 Å². The largest absolute Gasteiger partial charge is 0.391 e. The van der Waals surface area contributed by atoms with Crippen molar-refractivity contribution in [2.24, 2.45) is 0 Å². The van der Waals surface area contributed by atoms with E-state index in [1.165, 1.54) is 19.1 Å². The molecule has 0 aliphatic heterocycles. The molecule has 0 saturated carbocycles. The van der Waals surface area contributed by atoms with E-state index in [2.05, 4.69) is 5.32 Å². The first-order valence-electron chi connectivity index (χ1n) is 3.85. The average Bonchev–Trinajstić information content (AvgIpc) is 1.81. The minimum Gasteiger partial charge on any atom is -0.350 e. The van der Waals surface area contributed by atoms with E-state index in [0.717, 1.165) is 0 Å². The molecule has 0 aliphatic carbocycles. The minimum atomic E-state index is -4.23. The summed E-state index contributed by atoms with van der Waals surface area (Å²) in [5.41, 5.74) is 0. The third kappa shape index (κ3) is 7.36. The molecule has 0 rings (SSSR count). The first-order chi connectivity index (χ1) is 5.85. The van der Waals surface area contributed by atoms with Gasteiger partial charge in [-0.15, -0.1) is 0 Å². The summed E-state index contributed by atoms with van der Waals surface area (Å²) >= 11 is 0. The van der Waals surface area contributed by atoms with E-state index in [0.29, 0.717) is 0 Å². The van der Waals surface area contributed by atoms with Crippen LogP contribution in [-0.2, 0) is 4.79 Å². The summed E-state index contributed by atoms with van der Waals surface area (Å²) in [7, 11) is 0. The maximum atomic E-state index is 11.8. The number of amides is 1. The lowest BCUT2D eigenvalue weighted by atomic mass is 10.2. The van der Waals surface area contributed by atoms with Crippen LogP contribution in [0.15, 0.2) is 12.2 Å². The van der Waals surface area contributed by atoms with Gasteiger partial charge in [-0.1, -0.05) is 6.08 Å². The third-order valence-corrected chi connectivity index (χ3v) is 1.24. The molecule has 1 unspecified atom stereocenters. The van der Waals surface area contributed by atoms with Crippen LogP contribution in [0.2, 0.25) is 0 Å². The zero-order valence-electron chi connectivity index (χ0n) is 7.48. The standard InChI is InChI=1S/C8H12F3NO/c1-3-4-7(13)12-6(2)5-8(9,10)11/h3-4,6H,5H2,1-2H3,(H,12,13)/b4-3+. The van der Waals surface area contributed by atoms with Crippen molar-refractivity contribution in [1.29, 1.82) is 0 Å². The fourth-order valence-corrected chi connectivity index (χ4v) is 0.841. The molecule has 0 aromatic rings. The molecule has 0 heterocycles. The number of nitrogens with one attached hydrogen (secondary N) is 1. The first kappa shape index (κ1) is 12.0. The molecule has 0 bridgehead atoms. The van der Waals surface area contributed by atoms with Gasteiger partial charge in [-0.3, -0.25) is 4.79 Å². The summed E-state index contributed by atoms with van der Waals surface area (Å²) in [5, 5.41) is 2.19. The number of allylic oxidation sites excluding steroid dienone is 1. The Morgan fingerprint density at radius 3 is 2.46 bits per heavy atom. The lowest BCUT2D eigenvalue weighted by Crippen LogP contribution is -2.34. The summed E-state index contributed by atoms with van der Waals surface area (Å²) in [6.07, 6.45) is -2.58. The second-order valence-corrected chi connectivity index (χ2v) is 2.73. The molecule has 2 nitrogen and oxygen atoms in total. The van der Waals surface area contributed by atoms with Gasteiger partial charge < -0.3 is 5.32 Å². The highest BCUT2D eigenvalue weighted by Gasteiger charge is 2.30. The van der Waals surface area contributed by atoms with E-state index in [4.69, 9.17) is 0 Å². The maximum absolute atomic E-state index is 11.8. The van der Waals surface area contributed by atoms with Crippen molar-refractivity contribution in [3.05, 3.63) is 12.2 Å². The quantitative estimate of drug-likeness (QED) is 0.686. The zero-order chi connectivity index (χ0) is 10.5. The molecule has 1 N–H and O–H groups in total. The molecular formula is C8H12F3NO. The molecule has 5 heteroatoms. The van der Waals surface area contributed by atoms with Crippen molar-refractivity contribution in [3.63, 3.8) is 0 Å². The van der Waals surface area contributed by atoms with Gasteiger partial charge in [0.05, 0.1) is 6.42 Å². The molecule has 0 saturated heterocycles. The van der Waals surface area contributed by atoms with Crippen molar-refractivity contribution in [1.82, 2.24) is 5.32 Å². The van der Waals surface area contributed by atoms with E-state index < -0.39 is 24.5 Å². The Balaban J connectivity index is 3.88. The Kier molecular flexibility index (Phi) is 4.51. The molecule has 1 amide bonds. The third-order valence-electron chi connectivity index (χ3n) is 1.24. The predicted octanol–water partition coefficient (Wildman–Crippen LogP) is 2.02. The number of hydrogen-bond donors (Lipinski definition) is 1.